The van der Waals surface area contributed by atoms with E-state index in [-0.39, 0.29) is 11.8 Å². The Balaban J connectivity index is 1.39. The molecule has 1 aliphatic rings. The molecule has 0 bridgehead atoms. The van der Waals surface area contributed by atoms with Crippen LogP contribution in [0.1, 0.15) is 46.6 Å². The number of aryl methyl sites for hydroxylation is 2. The minimum absolute atomic E-state index is 0.00794. The van der Waals surface area contributed by atoms with Crippen molar-refractivity contribution in [2.24, 2.45) is 0 Å². The van der Waals surface area contributed by atoms with Gasteiger partial charge in [-0.05, 0) is 30.9 Å². The van der Waals surface area contributed by atoms with Gasteiger partial charge in [0.1, 0.15) is 18.0 Å². The number of amides is 1. The highest BCUT2D eigenvalue weighted by atomic mass is 16.1. The van der Waals surface area contributed by atoms with Crippen molar-refractivity contribution in [1.29, 1.82) is 0 Å². The number of pyridine rings is 1. The van der Waals surface area contributed by atoms with Crippen LogP contribution in [0.25, 0.3) is 22.2 Å². The summed E-state index contributed by atoms with van der Waals surface area (Å²) in [4.78, 5) is 34.6. The van der Waals surface area contributed by atoms with Crippen LogP contribution in [0.4, 0.5) is 5.82 Å². The molecule has 1 amide bonds. The van der Waals surface area contributed by atoms with E-state index < -0.39 is 0 Å². The lowest BCUT2D eigenvalue weighted by Gasteiger charge is -2.17. The molecular weight excluding hydrogens is 414 g/mol. The summed E-state index contributed by atoms with van der Waals surface area (Å²) in [6, 6.07) is 7.98. The van der Waals surface area contributed by atoms with Crippen molar-refractivity contribution in [2.45, 2.75) is 32.6 Å². The summed E-state index contributed by atoms with van der Waals surface area (Å²) in [7, 11) is 0. The Kier molecular flexibility index (Phi) is 5.64. The van der Waals surface area contributed by atoms with Crippen molar-refractivity contribution in [3.63, 3.8) is 0 Å². The van der Waals surface area contributed by atoms with Crippen molar-refractivity contribution in [2.75, 3.05) is 18.4 Å². The zero-order valence-electron chi connectivity index (χ0n) is 18.7. The summed E-state index contributed by atoms with van der Waals surface area (Å²) in [5.74, 6) is 1.59. The summed E-state index contributed by atoms with van der Waals surface area (Å²) in [6.45, 7) is 5.35. The molecular formula is C25H25N7O. The fourth-order valence-corrected chi connectivity index (χ4v) is 4.22. The van der Waals surface area contributed by atoms with Crippen LogP contribution in [0, 0.1) is 6.92 Å². The Morgan fingerprint density at radius 1 is 1.09 bits per heavy atom. The fourth-order valence-electron chi connectivity index (χ4n) is 4.22. The zero-order valence-corrected chi connectivity index (χ0v) is 18.7. The normalized spacial score (nSPS) is 14.3. The predicted octanol–water partition coefficient (Wildman–Crippen LogP) is 3.68. The van der Waals surface area contributed by atoms with Crippen molar-refractivity contribution in [1.82, 2.24) is 30.2 Å². The van der Waals surface area contributed by atoms with Crippen molar-refractivity contribution < 1.29 is 4.79 Å². The highest BCUT2D eigenvalue weighted by molar-refractivity contribution is 6.08. The van der Waals surface area contributed by atoms with Gasteiger partial charge < -0.3 is 10.6 Å². The van der Waals surface area contributed by atoms with Crippen molar-refractivity contribution in [3.8, 4) is 11.3 Å². The van der Waals surface area contributed by atoms with Gasteiger partial charge >= 0.3 is 0 Å². The SMILES string of the molecule is Cc1ncc(-c2cc(NCC(C)c3cccc4c5c(cnc34)CCCNC5=O)ncn2)cn1. The first kappa shape index (κ1) is 20.9. The summed E-state index contributed by atoms with van der Waals surface area (Å²) in [5, 5.41) is 7.34. The maximum atomic E-state index is 12.7. The van der Waals surface area contributed by atoms with Gasteiger partial charge in [0.2, 0.25) is 0 Å². The van der Waals surface area contributed by atoms with E-state index in [1.807, 2.05) is 31.3 Å². The van der Waals surface area contributed by atoms with E-state index in [2.05, 4.69) is 43.6 Å². The van der Waals surface area contributed by atoms with Gasteiger partial charge in [0.05, 0.1) is 16.8 Å². The summed E-state index contributed by atoms with van der Waals surface area (Å²) in [6.07, 6.45) is 8.72. The van der Waals surface area contributed by atoms with E-state index >= 15 is 0 Å². The Morgan fingerprint density at radius 2 is 1.94 bits per heavy atom. The van der Waals surface area contributed by atoms with Crippen LogP contribution in [0.2, 0.25) is 0 Å². The molecule has 4 heterocycles. The number of hydrogen-bond donors (Lipinski definition) is 2. The largest absolute Gasteiger partial charge is 0.369 e. The average Bonchev–Trinajstić information content (AvgIpc) is 3.04. The standard InChI is InChI=1S/C25H25N7O/c1-15(10-29-22-9-21(31-14-32-22)18-12-27-16(2)28-13-18)19-6-3-7-20-23-17(11-30-24(19)20)5-4-8-26-25(23)33/h3,6-7,9,11-15H,4-5,8,10H2,1-2H3,(H,26,33)(H,29,31,32). The first-order valence-corrected chi connectivity index (χ1v) is 11.1. The molecule has 166 valence electrons. The average molecular weight is 440 g/mol. The Hall–Kier alpha value is -3.94. The molecule has 3 aromatic heterocycles. The van der Waals surface area contributed by atoms with Gasteiger partial charge in [-0.2, -0.15) is 0 Å². The van der Waals surface area contributed by atoms with Gasteiger partial charge in [0.25, 0.3) is 5.91 Å². The molecule has 4 aromatic rings. The molecule has 0 aliphatic carbocycles. The molecule has 1 unspecified atom stereocenters. The number of carbonyl (C=O) groups is 1. The second kappa shape index (κ2) is 8.90. The van der Waals surface area contributed by atoms with Crippen LogP contribution >= 0.6 is 0 Å². The monoisotopic (exact) mass is 439 g/mol. The van der Waals surface area contributed by atoms with E-state index in [9.17, 15) is 4.79 Å². The highest BCUT2D eigenvalue weighted by Crippen LogP contribution is 2.29. The lowest BCUT2D eigenvalue weighted by molar-refractivity contribution is 0.0957. The van der Waals surface area contributed by atoms with Gasteiger partial charge in [-0.15, -0.1) is 0 Å². The van der Waals surface area contributed by atoms with E-state index in [0.717, 1.165) is 63.3 Å². The minimum atomic E-state index is -0.00794. The van der Waals surface area contributed by atoms with Crippen LogP contribution in [-0.4, -0.2) is 43.9 Å². The minimum Gasteiger partial charge on any atom is -0.369 e. The first-order valence-electron chi connectivity index (χ1n) is 11.1. The van der Waals surface area contributed by atoms with Crippen LogP contribution in [0.5, 0.6) is 0 Å². The molecule has 0 fully saturated rings. The fraction of sp³-hybridized carbons (Fsp3) is 0.280. The quantitative estimate of drug-likeness (QED) is 0.489. The highest BCUT2D eigenvalue weighted by Gasteiger charge is 2.21. The number of rotatable bonds is 5. The number of anilines is 1. The molecule has 0 spiro atoms. The maximum absolute atomic E-state index is 12.7. The molecule has 0 saturated carbocycles. The topological polar surface area (TPSA) is 106 Å². The predicted molar refractivity (Wildman–Crippen MR) is 127 cm³/mol. The van der Waals surface area contributed by atoms with E-state index in [4.69, 9.17) is 4.98 Å². The lowest BCUT2D eigenvalue weighted by Crippen LogP contribution is -2.23. The lowest BCUT2D eigenvalue weighted by atomic mass is 9.94. The number of benzene rings is 1. The molecule has 1 atom stereocenters. The Bertz CT molecular complexity index is 1320. The van der Waals surface area contributed by atoms with Gasteiger partial charge in [-0.1, -0.05) is 25.1 Å². The first-order chi connectivity index (χ1) is 16.1. The molecule has 5 rings (SSSR count). The molecule has 0 radical (unpaired) electrons. The summed E-state index contributed by atoms with van der Waals surface area (Å²) >= 11 is 0. The van der Waals surface area contributed by atoms with Crippen molar-refractivity contribution >= 4 is 22.6 Å². The number of fused-ring (bicyclic) bond motifs is 3. The number of nitrogens with zero attached hydrogens (tertiary/aromatic N) is 5. The number of hydrogen-bond acceptors (Lipinski definition) is 7. The number of aromatic nitrogens is 5. The van der Waals surface area contributed by atoms with Gasteiger partial charge in [-0.3, -0.25) is 9.78 Å². The van der Waals surface area contributed by atoms with Gasteiger partial charge in [-0.25, -0.2) is 19.9 Å². The van der Waals surface area contributed by atoms with Crippen molar-refractivity contribution in [3.05, 3.63) is 71.7 Å². The van der Waals surface area contributed by atoms with Gasteiger partial charge in [0.15, 0.2) is 0 Å². The third-order valence-electron chi connectivity index (χ3n) is 6.01. The summed E-state index contributed by atoms with van der Waals surface area (Å²) in [5.41, 5.74) is 5.37. The number of carbonyl (C=O) groups excluding carboxylic acids is 1. The smallest absolute Gasteiger partial charge is 0.252 e. The third kappa shape index (κ3) is 4.24. The molecule has 0 saturated heterocycles. The van der Waals surface area contributed by atoms with Crippen LogP contribution in [-0.2, 0) is 6.42 Å². The molecule has 33 heavy (non-hydrogen) atoms. The van der Waals surface area contributed by atoms with Gasteiger partial charge in [0, 0.05) is 54.6 Å². The van der Waals surface area contributed by atoms with Crippen LogP contribution < -0.4 is 10.6 Å². The van der Waals surface area contributed by atoms with Crippen LogP contribution in [0.15, 0.2) is 49.2 Å². The zero-order chi connectivity index (χ0) is 22.8. The second-order valence-electron chi connectivity index (χ2n) is 8.35. The molecule has 1 aromatic carbocycles. The van der Waals surface area contributed by atoms with Crippen LogP contribution in [0.3, 0.4) is 0 Å². The molecule has 8 nitrogen and oxygen atoms in total. The molecule has 8 heteroatoms. The Labute approximate surface area is 192 Å². The summed E-state index contributed by atoms with van der Waals surface area (Å²) < 4.78 is 0. The molecule has 2 N–H and O–H groups in total. The van der Waals surface area contributed by atoms with E-state index in [1.165, 1.54) is 6.33 Å². The van der Waals surface area contributed by atoms with E-state index in [1.54, 1.807) is 12.4 Å². The molecule has 1 aliphatic heterocycles. The number of para-hydroxylation sites is 1. The number of nitrogens with one attached hydrogen (secondary N) is 2. The Morgan fingerprint density at radius 3 is 2.79 bits per heavy atom. The van der Waals surface area contributed by atoms with E-state index in [0.29, 0.717) is 13.1 Å². The second-order valence-corrected chi connectivity index (χ2v) is 8.35. The third-order valence-corrected chi connectivity index (χ3v) is 6.01. The maximum Gasteiger partial charge on any atom is 0.252 e.